The fourth-order valence-electron chi connectivity index (χ4n) is 2.65. The highest BCUT2D eigenvalue weighted by Gasteiger charge is 2.31. The molecule has 1 aliphatic carbocycles. The van der Waals surface area contributed by atoms with Crippen LogP contribution in [0.4, 0.5) is 0 Å². The molecule has 3 unspecified atom stereocenters. The van der Waals surface area contributed by atoms with Crippen molar-refractivity contribution < 1.29 is 4.79 Å². The molecule has 1 aliphatic rings. The van der Waals surface area contributed by atoms with E-state index >= 15 is 0 Å². The van der Waals surface area contributed by atoms with Crippen LogP contribution in [0.2, 0.25) is 0 Å². The highest BCUT2D eigenvalue weighted by atomic mass is 16.1. The molecule has 3 atom stereocenters. The number of rotatable bonds is 3. The minimum atomic E-state index is 0.378. The van der Waals surface area contributed by atoms with Crippen LogP contribution in [0.25, 0.3) is 0 Å². The monoisotopic (exact) mass is 182 g/mol. The fourth-order valence-corrected chi connectivity index (χ4v) is 2.65. The second kappa shape index (κ2) is 4.78. The molecule has 0 spiro atoms. The molecule has 0 amide bonds. The van der Waals surface area contributed by atoms with Crippen molar-refractivity contribution >= 4 is 5.78 Å². The molecule has 0 aromatic rings. The normalized spacial score (nSPS) is 31.3. The smallest absolute Gasteiger partial charge is 0.133 e. The Morgan fingerprint density at radius 3 is 2.54 bits per heavy atom. The van der Waals surface area contributed by atoms with Gasteiger partial charge in [0.05, 0.1) is 0 Å². The number of carbonyl (C=O) groups is 1. The van der Waals surface area contributed by atoms with Crippen molar-refractivity contribution in [1.82, 2.24) is 0 Å². The first-order chi connectivity index (χ1) is 6.16. The van der Waals surface area contributed by atoms with E-state index in [1.54, 1.807) is 6.92 Å². The van der Waals surface area contributed by atoms with Gasteiger partial charge in [0.25, 0.3) is 0 Å². The lowest BCUT2D eigenvalue weighted by molar-refractivity contribution is -0.124. The Bertz CT molecular complexity index is 174. The fraction of sp³-hybridized carbons (Fsp3) is 0.917. The summed E-state index contributed by atoms with van der Waals surface area (Å²) in [5, 5.41) is 0. The zero-order chi connectivity index (χ0) is 9.84. The summed E-state index contributed by atoms with van der Waals surface area (Å²) in [4.78, 5) is 11.4. The average Bonchev–Trinajstić information content (AvgIpc) is 2.16. The van der Waals surface area contributed by atoms with Gasteiger partial charge in [-0.2, -0.15) is 0 Å². The molecule has 1 nitrogen and oxygen atoms in total. The first-order valence-electron chi connectivity index (χ1n) is 5.67. The SMILES string of the molecule is CCC(C)C1CCCCC1C(C)=O. The topological polar surface area (TPSA) is 17.1 Å². The second-order valence-corrected chi connectivity index (χ2v) is 4.55. The van der Waals surface area contributed by atoms with Crippen LogP contribution in [0.3, 0.4) is 0 Å². The average molecular weight is 182 g/mol. The lowest BCUT2D eigenvalue weighted by Crippen LogP contribution is -2.29. The Balaban J connectivity index is 2.61. The first-order valence-corrected chi connectivity index (χ1v) is 5.67. The van der Waals surface area contributed by atoms with Crippen LogP contribution in [0.5, 0.6) is 0 Å². The van der Waals surface area contributed by atoms with E-state index in [1.165, 1.54) is 25.7 Å². The van der Waals surface area contributed by atoms with Gasteiger partial charge in [0, 0.05) is 5.92 Å². The third-order valence-corrected chi connectivity index (χ3v) is 3.72. The van der Waals surface area contributed by atoms with Crippen LogP contribution in [-0.2, 0) is 4.79 Å². The van der Waals surface area contributed by atoms with Gasteiger partial charge >= 0.3 is 0 Å². The van der Waals surface area contributed by atoms with E-state index in [0.29, 0.717) is 17.6 Å². The molecule has 0 radical (unpaired) electrons. The summed E-state index contributed by atoms with van der Waals surface area (Å²) in [6.07, 6.45) is 6.23. The maximum Gasteiger partial charge on any atom is 0.133 e. The van der Waals surface area contributed by atoms with Crippen molar-refractivity contribution in [2.45, 2.75) is 52.9 Å². The van der Waals surface area contributed by atoms with Gasteiger partial charge in [-0.25, -0.2) is 0 Å². The van der Waals surface area contributed by atoms with E-state index in [9.17, 15) is 4.79 Å². The van der Waals surface area contributed by atoms with Crippen LogP contribution in [0.15, 0.2) is 0 Å². The van der Waals surface area contributed by atoms with Crippen molar-refractivity contribution in [3.8, 4) is 0 Å². The van der Waals surface area contributed by atoms with Crippen molar-refractivity contribution in [3.05, 3.63) is 0 Å². The van der Waals surface area contributed by atoms with E-state index in [2.05, 4.69) is 13.8 Å². The van der Waals surface area contributed by atoms with Gasteiger partial charge in [0.1, 0.15) is 5.78 Å². The van der Waals surface area contributed by atoms with Crippen LogP contribution in [-0.4, -0.2) is 5.78 Å². The molecule has 1 saturated carbocycles. The molecule has 0 aliphatic heterocycles. The molecule has 0 N–H and O–H groups in total. The number of carbonyl (C=O) groups excluding carboxylic acids is 1. The predicted octanol–water partition coefficient (Wildman–Crippen LogP) is 3.43. The summed E-state index contributed by atoms with van der Waals surface area (Å²) >= 11 is 0. The van der Waals surface area contributed by atoms with Gasteiger partial charge in [-0.15, -0.1) is 0 Å². The quantitative estimate of drug-likeness (QED) is 0.653. The highest BCUT2D eigenvalue weighted by Crippen LogP contribution is 2.36. The summed E-state index contributed by atoms with van der Waals surface area (Å²) in [6, 6.07) is 0. The molecule has 0 aromatic carbocycles. The van der Waals surface area contributed by atoms with Crippen molar-refractivity contribution in [2.75, 3.05) is 0 Å². The Hall–Kier alpha value is -0.330. The van der Waals surface area contributed by atoms with E-state index in [4.69, 9.17) is 0 Å². The van der Waals surface area contributed by atoms with Gasteiger partial charge in [-0.05, 0) is 31.6 Å². The molecule has 1 heteroatoms. The van der Waals surface area contributed by atoms with E-state index in [-0.39, 0.29) is 0 Å². The van der Waals surface area contributed by atoms with Gasteiger partial charge in [0.2, 0.25) is 0 Å². The maximum atomic E-state index is 11.4. The summed E-state index contributed by atoms with van der Waals surface area (Å²) in [6.45, 7) is 6.30. The summed E-state index contributed by atoms with van der Waals surface area (Å²) in [5.41, 5.74) is 0. The largest absolute Gasteiger partial charge is 0.300 e. The van der Waals surface area contributed by atoms with Crippen LogP contribution < -0.4 is 0 Å². The van der Waals surface area contributed by atoms with Gasteiger partial charge in [-0.3, -0.25) is 4.79 Å². The predicted molar refractivity (Wildman–Crippen MR) is 55.6 cm³/mol. The number of hydrogen-bond donors (Lipinski definition) is 0. The van der Waals surface area contributed by atoms with E-state index in [1.807, 2.05) is 0 Å². The van der Waals surface area contributed by atoms with E-state index < -0.39 is 0 Å². The number of ketones is 1. The Morgan fingerprint density at radius 1 is 1.38 bits per heavy atom. The third-order valence-electron chi connectivity index (χ3n) is 3.72. The zero-order valence-electron chi connectivity index (χ0n) is 9.18. The standard InChI is InChI=1S/C12H22O/c1-4-9(2)11-7-5-6-8-12(11)10(3)13/h9,11-12H,4-8H2,1-3H3. The molecular formula is C12H22O. The summed E-state index contributed by atoms with van der Waals surface area (Å²) < 4.78 is 0. The molecule has 13 heavy (non-hydrogen) atoms. The molecule has 76 valence electrons. The molecule has 1 rings (SSSR count). The first kappa shape index (κ1) is 10.7. The number of Topliss-reactive ketones (excluding diaryl/α,β-unsaturated/α-hetero) is 1. The molecular weight excluding hydrogens is 160 g/mol. The zero-order valence-corrected chi connectivity index (χ0v) is 9.18. The van der Waals surface area contributed by atoms with Crippen LogP contribution in [0.1, 0.15) is 52.9 Å². The molecule has 0 aromatic heterocycles. The van der Waals surface area contributed by atoms with Crippen molar-refractivity contribution in [2.24, 2.45) is 17.8 Å². The lowest BCUT2D eigenvalue weighted by Gasteiger charge is -2.33. The molecule has 1 fully saturated rings. The second-order valence-electron chi connectivity index (χ2n) is 4.55. The molecule has 0 bridgehead atoms. The van der Waals surface area contributed by atoms with Gasteiger partial charge < -0.3 is 0 Å². The van der Waals surface area contributed by atoms with E-state index in [0.717, 1.165) is 12.3 Å². The Morgan fingerprint density at radius 2 is 2.00 bits per heavy atom. The maximum absolute atomic E-state index is 11.4. The van der Waals surface area contributed by atoms with Crippen LogP contribution in [0, 0.1) is 17.8 Å². The number of hydrogen-bond acceptors (Lipinski definition) is 1. The van der Waals surface area contributed by atoms with Crippen molar-refractivity contribution in [3.63, 3.8) is 0 Å². The van der Waals surface area contributed by atoms with Crippen LogP contribution >= 0.6 is 0 Å². The Kier molecular flexibility index (Phi) is 3.95. The van der Waals surface area contributed by atoms with Crippen molar-refractivity contribution in [1.29, 1.82) is 0 Å². The molecule has 0 heterocycles. The highest BCUT2D eigenvalue weighted by molar-refractivity contribution is 5.78. The Labute approximate surface area is 81.9 Å². The third kappa shape index (κ3) is 2.55. The lowest BCUT2D eigenvalue weighted by atomic mass is 9.71. The van der Waals surface area contributed by atoms with Gasteiger partial charge in [0.15, 0.2) is 0 Å². The minimum Gasteiger partial charge on any atom is -0.300 e. The molecule has 0 saturated heterocycles. The summed E-state index contributed by atoms with van der Waals surface area (Å²) in [7, 11) is 0. The minimum absolute atomic E-state index is 0.378. The summed E-state index contributed by atoms with van der Waals surface area (Å²) in [5.74, 6) is 2.21. The van der Waals surface area contributed by atoms with Gasteiger partial charge in [-0.1, -0.05) is 33.1 Å².